The molecule has 2 N–H and O–H groups in total. The van der Waals surface area contributed by atoms with E-state index in [1.54, 1.807) is 25.3 Å². The predicted octanol–water partition coefficient (Wildman–Crippen LogP) is 2.94. The summed E-state index contributed by atoms with van der Waals surface area (Å²) in [5, 5.41) is 5.10. The molecule has 1 aromatic heterocycles. The largest absolute Gasteiger partial charge is 0.322 e. The number of hydrogen-bond acceptors (Lipinski definition) is 3. The van der Waals surface area contributed by atoms with Crippen LogP contribution in [0.5, 0.6) is 0 Å². The average Bonchev–Trinajstić information content (AvgIpc) is 3.00. The monoisotopic (exact) mass is 379 g/mol. The molecule has 1 unspecified atom stereocenters. The second-order valence-electron chi connectivity index (χ2n) is 7.89. The van der Waals surface area contributed by atoms with E-state index in [1.165, 1.54) is 42.2 Å². The summed E-state index contributed by atoms with van der Waals surface area (Å²) in [4.78, 5) is 37.3. The molecule has 6 nitrogen and oxygen atoms in total. The first-order valence-corrected chi connectivity index (χ1v) is 9.90. The molecule has 2 fully saturated rings. The lowest BCUT2D eigenvalue weighted by molar-refractivity contribution is -0.124. The third kappa shape index (κ3) is 3.23. The van der Waals surface area contributed by atoms with Gasteiger partial charge in [-0.25, -0.2) is 4.79 Å². The van der Waals surface area contributed by atoms with Gasteiger partial charge in [-0.05, 0) is 42.9 Å². The number of carbonyl (C=O) groups is 2. The molecule has 6 heteroatoms. The van der Waals surface area contributed by atoms with Crippen LogP contribution in [0.2, 0.25) is 0 Å². The van der Waals surface area contributed by atoms with Crippen LogP contribution in [-0.2, 0) is 16.9 Å². The van der Waals surface area contributed by atoms with Crippen molar-refractivity contribution in [2.24, 2.45) is 0 Å². The molecular weight excluding hydrogens is 354 g/mol. The third-order valence-electron chi connectivity index (χ3n) is 6.04. The molecule has 0 radical (unpaired) electrons. The van der Waals surface area contributed by atoms with Gasteiger partial charge in [0.05, 0.1) is 6.54 Å². The van der Waals surface area contributed by atoms with Crippen LogP contribution >= 0.6 is 0 Å². The Morgan fingerprint density at radius 3 is 2.39 bits per heavy atom. The summed E-state index contributed by atoms with van der Waals surface area (Å²) < 4.78 is 1.48. The topological polar surface area (TPSA) is 80.2 Å². The van der Waals surface area contributed by atoms with Crippen LogP contribution in [0.1, 0.15) is 54.7 Å². The summed E-state index contributed by atoms with van der Waals surface area (Å²) in [7, 11) is 0. The normalized spacial score (nSPS) is 22.8. The van der Waals surface area contributed by atoms with Gasteiger partial charge in [-0.2, -0.15) is 0 Å². The maximum atomic E-state index is 12.8. The van der Waals surface area contributed by atoms with Crippen molar-refractivity contribution in [3.05, 3.63) is 69.6 Å². The minimum absolute atomic E-state index is 0.0495. The Morgan fingerprint density at radius 1 is 1.04 bits per heavy atom. The van der Waals surface area contributed by atoms with Crippen LogP contribution in [0, 0.1) is 6.92 Å². The Morgan fingerprint density at radius 2 is 1.75 bits per heavy atom. The summed E-state index contributed by atoms with van der Waals surface area (Å²) in [5.41, 5.74) is 1.09. The average molecular weight is 379 g/mol. The lowest BCUT2D eigenvalue weighted by atomic mass is 9.82. The van der Waals surface area contributed by atoms with Crippen LogP contribution in [0.4, 0.5) is 4.79 Å². The molecule has 0 spiro atoms. The van der Waals surface area contributed by atoms with Gasteiger partial charge >= 0.3 is 6.03 Å². The number of nitrogens with zero attached hydrogens (tertiary/aromatic N) is 1. The lowest BCUT2D eigenvalue weighted by Gasteiger charge is -2.28. The fraction of sp³-hybridized carbons (Fsp3) is 0.409. The molecule has 2 heterocycles. The summed E-state index contributed by atoms with van der Waals surface area (Å²) in [6, 6.07) is 10.9. The minimum atomic E-state index is -1.29. The fourth-order valence-corrected chi connectivity index (χ4v) is 4.41. The molecule has 28 heavy (non-hydrogen) atoms. The number of amides is 3. The standard InChI is InChI=1S/C22H25N3O3/c1-15-6-5-13-25(19(15)26)14-22(20(27)23-21(28)24-22)18-11-9-17(10-12-18)16-7-3-2-4-8-16/h5-6,9-13,16H,2-4,7-8,14H2,1H3,(H2,23,24,27,28). The SMILES string of the molecule is Cc1cccn(CC2(c3ccc(C4CCCCC4)cc3)NC(=O)NC2=O)c1=O. The van der Waals surface area contributed by atoms with Crippen molar-refractivity contribution < 1.29 is 9.59 Å². The summed E-state index contributed by atoms with van der Waals surface area (Å²) >= 11 is 0. The molecule has 2 aromatic rings. The van der Waals surface area contributed by atoms with Crippen LogP contribution in [0.3, 0.4) is 0 Å². The highest BCUT2D eigenvalue weighted by molar-refractivity contribution is 6.07. The molecule has 1 atom stereocenters. The van der Waals surface area contributed by atoms with E-state index in [4.69, 9.17) is 0 Å². The number of pyridine rings is 1. The summed E-state index contributed by atoms with van der Waals surface area (Å²) in [5.74, 6) is 0.126. The summed E-state index contributed by atoms with van der Waals surface area (Å²) in [6.07, 6.45) is 7.84. The number of nitrogens with one attached hydrogen (secondary N) is 2. The van der Waals surface area contributed by atoms with Crippen LogP contribution in [0.25, 0.3) is 0 Å². The molecular formula is C22H25N3O3. The molecule has 0 bridgehead atoms. The van der Waals surface area contributed by atoms with Crippen molar-refractivity contribution in [2.45, 2.75) is 57.0 Å². The Labute approximate surface area is 164 Å². The molecule has 1 aliphatic carbocycles. The van der Waals surface area contributed by atoms with E-state index in [0.29, 0.717) is 17.0 Å². The zero-order valence-electron chi connectivity index (χ0n) is 16.0. The predicted molar refractivity (Wildman–Crippen MR) is 106 cm³/mol. The molecule has 1 saturated heterocycles. The lowest BCUT2D eigenvalue weighted by Crippen LogP contribution is -2.49. The van der Waals surface area contributed by atoms with Gasteiger partial charge in [0.1, 0.15) is 0 Å². The maximum Gasteiger partial charge on any atom is 0.322 e. The Kier molecular flexibility index (Phi) is 4.79. The van der Waals surface area contributed by atoms with Crippen LogP contribution in [-0.4, -0.2) is 16.5 Å². The fourth-order valence-electron chi connectivity index (χ4n) is 4.41. The van der Waals surface area contributed by atoms with Crippen LogP contribution in [0.15, 0.2) is 47.4 Å². The number of aromatic nitrogens is 1. The number of aryl methyl sites for hydroxylation is 1. The van der Waals surface area contributed by atoms with E-state index in [-0.39, 0.29) is 12.1 Å². The molecule has 1 aromatic carbocycles. The highest BCUT2D eigenvalue weighted by Gasteiger charge is 2.48. The number of rotatable bonds is 4. The Balaban J connectivity index is 1.70. The van der Waals surface area contributed by atoms with E-state index < -0.39 is 17.5 Å². The first-order chi connectivity index (χ1) is 13.5. The number of carbonyl (C=O) groups excluding carboxylic acids is 2. The van der Waals surface area contributed by atoms with Gasteiger partial charge in [0.25, 0.3) is 11.5 Å². The Hall–Kier alpha value is -2.89. The van der Waals surface area contributed by atoms with E-state index in [2.05, 4.69) is 22.8 Å². The van der Waals surface area contributed by atoms with Gasteiger partial charge in [0.15, 0.2) is 5.54 Å². The molecule has 1 aliphatic heterocycles. The molecule has 1 saturated carbocycles. The maximum absolute atomic E-state index is 12.8. The van der Waals surface area contributed by atoms with E-state index in [1.807, 2.05) is 12.1 Å². The van der Waals surface area contributed by atoms with Gasteiger partial charge in [0, 0.05) is 11.8 Å². The van der Waals surface area contributed by atoms with Gasteiger partial charge in [-0.3, -0.25) is 14.9 Å². The van der Waals surface area contributed by atoms with E-state index in [0.717, 1.165) is 0 Å². The number of urea groups is 1. The first kappa shape index (κ1) is 18.5. The van der Waals surface area contributed by atoms with Crippen molar-refractivity contribution in [3.63, 3.8) is 0 Å². The third-order valence-corrected chi connectivity index (χ3v) is 6.04. The highest BCUT2D eigenvalue weighted by atomic mass is 16.2. The van der Waals surface area contributed by atoms with E-state index >= 15 is 0 Å². The van der Waals surface area contributed by atoms with Crippen molar-refractivity contribution in [3.8, 4) is 0 Å². The number of hydrogen-bond donors (Lipinski definition) is 2. The second-order valence-corrected chi connectivity index (χ2v) is 7.89. The molecule has 2 aliphatic rings. The number of benzene rings is 1. The smallest absolute Gasteiger partial charge is 0.318 e. The van der Waals surface area contributed by atoms with Crippen LogP contribution < -0.4 is 16.2 Å². The Bertz CT molecular complexity index is 958. The van der Waals surface area contributed by atoms with Gasteiger partial charge in [-0.1, -0.05) is 49.6 Å². The zero-order chi connectivity index (χ0) is 19.7. The van der Waals surface area contributed by atoms with Crippen molar-refractivity contribution in [1.29, 1.82) is 0 Å². The minimum Gasteiger partial charge on any atom is -0.318 e. The van der Waals surface area contributed by atoms with E-state index in [9.17, 15) is 14.4 Å². The first-order valence-electron chi connectivity index (χ1n) is 9.90. The molecule has 4 rings (SSSR count). The van der Waals surface area contributed by atoms with Crippen molar-refractivity contribution in [2.75, 3.05) is 0 Å². The quantitative estimate of drug-likeness (QED) is 0.802. The van der Waals surface area contributed by atoms with Crippen molar-refractivity contribution >= 4 is 11.9 Å². The van der Waals surface area contributed by atoms with Gasteiger partial charge < -0.3 is 9.88 Å². The zero-order valence-corrected chi connectivity index (χ0v) is 16.0. The number of imide groups is 1. The van der Waals surface area contributed by atoms with Crippen molar-refractivity contribution in [1.82, 2.24) is 15.2 Å². The second kappa shape index (κ2) is 7.26. The van der Waals surface area contributed by atoms with Gasteiger partial charge in [-0.15, -0.1) is 0 Å². The van der Waals surface area contributed by atoms with Gasteiger partial charge in [0.2, 0.25) is 0 Å². The highest BCUT2D eigenvalue weighted by Crippen LogP contribution is 2.34. The molecule has 146 valence electrons. The molecule has 3 amide bonds. The summed E-state index contributed by atoms with van der Waals surface area (Å²) in [6.45, 7) is 1.78.